The fourth-order valence-electron chi connectivity index (χ4n) is 6.93. The second kappa shape index (κ2) is 6.37. The van der Waals surface area contributed by atoms with Crippen molar-refractivity contribution in [2.45, 2.75) is 65.4 Å². The van der Waals surface area contributed by atoms with Crippen molar-refractivity contribution in [3.8, 4) is 0 Å². The zero-order valence-corrected chi connectivity index (χ0v) is 16.9. The van der Waals surface area contributed by atoms with Crippen molar-refractivity contribution in [3.05, 3.63) is 0 Å². The quantitative estimate of drug-likeness (QED) is 0.699. The predicted molar refractivity (Wildman–Crippen MR) is 96.0 cm³/mol. The summed E-state index contributed by atoms with van der Waals surface area (Å²) in [5, 5.41) is 11.1. The summed E-state index contributed by atoms with van der Waals surface area (Å²) in [5.74, 6) is 2.44. The molecule has 4 bridgehead atoms. The second-order valence-electron chi connectivity index (χ2n) is 9.30. The number of aliphatic hydroxyl groups is 1. The Hall–Kier alpha value is 0.110. The van der Waals surface area contributed by atoms with E-state index in [0.29, 0.717) is 29.8 Å². The van der Waals surface area contributed by atoms with E-state index in [-0.39, 0.29) is 5.41 Å². The average molecular weight is 358 g/mol. The van der Waals surface area contributed by atoms with Crippen molar-refractivity contribution in [1.82, 2.24) is 0 Å². The van der Waals surface area contributed by atoms with E-state index < -0.39 is 13.7 Å². The van der Waals surface area contributed by atoms with Crippen molar-refractivity contribution in [2.24, 2.45) is 34.5 Å². The Morgan fingerprint density at radius 3 is 2.46 bits per heavy atom. The molecule has 3 saturated carbocycles. The van der Waals surface area contributed by atoms with E-state index in [4.69, 9.17) is 9.05 Å². The smallest absolute Gasteiger partial charge is 0.330 e. The molecule has 3 rings (SSSR count). The van der Waals surface area contributed by atoms with Crippen LogP contribution in [0.5, 0.6) is 0 Å². The first-order chi connectivity index (χ1) is 11.2. The van der Waals surface area contributed by atoms with E-state index in [9.17, 15) is 9.67 Å². The van der Waals surface area contributed by atoms with Crippen molar-refractivity contribution in [3.63, 3.8) is 0 Å². The zero-order valence-electron chi connectivity index (χ0n) is 16.0. The second-order valence-corrected chi connectivity index (χ2v) is 11.7. The van der Waals surface area contributed by atoms with Gasteiger partial charge in [-0.3, -0.25) is 4.57 Å². The normalized spacial score (nSPS) is 42.1. The van der Waals surface area contributed by atoms with Gasteiger partial charge in [-0.2, -0.15) is 0 Å². The Labute approximate surface area is 147 Å². The fraction of sp³-hybridized carbons (Fsp3) is 1.00. The van der Waals surface area contributed by atoms with E-state index in [1.54, 1.807) is 0 Å². The molecule has 6 atom stereocenters. The van der Waals surface area contributed by atoms with Crippen LogP contribution in [0.1, 0.15) is 59.3 Å². The molecule has 0 radical (unpaired) electrons. The molecule has 0 spiro atoms. The molecule has 0 aliphatic heterocycles. The highest BCUT2D eigenvalue weighted by atomic mass is 31.2. The van der Waals surface area contributed by atoms with E-state index in [1.807, 2.05) is 0 Å². The highest BCUT2D eigenvalue weighted by Crippen LogP contribution is 2.71. The molecule has 140 valence electrons. The molecule has 3 aliphatic rings. The molecule has 0 unspecified atom stereocenters. The predicted octanol–water partition coefficient (Wildman–Crippen LogP) is 4.71. The molecule has 0 aromatic heterocycles. The standard InChI is InChI=1S/C19H35O4P/c1-18(2)10-6-11-19(3)14-8-7-13(16(14)18)17(19)15(20)9-12-24(21,22-4)23-5/h13-17,20H,6-12H2,1-5H3/t13-,14+,15-,16+,17+,19-/m0/s1. The van der Waals surface area contributed by atoms with Gasteiger partial charge in [-0.25, -0.2) is 0 Å². The number of hydrogen-bond donors (Lipinski definition) is 1. The summed E-state index contributed by atoms with van der Waals surface area (Å²) in [5.41, 5.74) is 0.622. The third-order valence-electron chi connectivity index (χ3n) is 7.88. The molecule has 0 aromatic rings. The van der Waals surface area contributed by atoms with E-state index in [0.717, 1.165) is 11.8 Å². The van der Waals surface area contributed by atoms with Crippen LogP contribution in [-0.2, 0) is 13.6 Å². The summed E-state index contributed by atoms with van der Waals surface area (Å²) in [6.07, 6.45) is 6.79. The van der Waals surface area contributed by atoms with Crippen LogP contribution in [0.25, 0.3) is 0 Å². The van der Waals surface area contributed by atoms with Gasteiger partial charge in [0.25, 0.3) is 0 Å². The first kappa shape index (κ1) is 18.9. The van der Waals surface area contributed by atoms with Crippen LogP contribution >= 0.6 is 7.60 Å². The van der Waals surface area contributed by atoms with Crippen molar-refractivity contribution >= 4 is 7.60 Å². The SMILES string of the molecule is COP(=O)(CC[C@H](O)[C@H]1[C@H]2CC[C@@H]3[C@@H]2C(C)(C)CCC[C@]13C)OC. The van der Waals surface area contributed by atoms with Gasteiger partial charge < -0.3 is 14.2 Å². The Bertz CT molecular complexity index is 511. The molecular formula is C19H35O4P. The van der Waals surface area contributed by atoms with Crippen molar-refractivity contribution in [1.29, 1.82) is 0 Å². The molecule has 0 saturated heterocycles. The van der Waals surface area contributed by atoms with Crippen LogP contribution in [0.15, 0.2) is 0 Å². The molecule has 1 N–H and O–H groups in total. The van der Waals surface area contributed by atoms with Crippen LogP contribution in [0.3, 0.4) is 0 Å². The Kier molecular flexibility index (Phi) is 5.01. The van der Waals surface area contributed by atoms with Gasteiger partial charge in [0.15, 0.2) is 0 Å². The number of aliphatic hydroxyl groups excluding tert-OH is 1. The average Bonchev–Trinajstić information content (AvgIpc) is 3.04. The summed E-state index contributed by atoms with van der Waals surface area (Å²) < 4.78 is 22.4. The first-order valence-electron chi connectivity index (χ1n) is 9.57. The largest absolute Gasteiger partial charge is 0.393 e. The Balaban J connectivity index is 1.80. The van der Waals surface area contributed by atoms with Gasteiger partial charge in [0.05, 0.1) is 12.3 Å². The van der Waals surface area contributed by atoms with Crippen molar-refractivity contribution < 1.29 is 18.7 Å². The van der Waals surface area contributed by atoms with Crippen LogP contribution in [0.4, 0.5) is 0 Å². The summed E-state index contributed by atoms with van der Waals surface area (Å²) in [6, 6.07) is 0. The molecule has 4 nitrogen and oxygen atoms in total. The third-order valence-corrected chi connectivity index (χ3v) is 9.80. The van der Waals surface area contributed by atoms with Gasteiger partial charge >= 0.3 is 7.60 Å². The number of hydrogen-bond acceptors (Lipinski definition) is 4. The summed E-state index contributed by atoms with van der Waals surface area (Å²) in [7, 11) is -0.185. The lowest BCUT2D eigenvalue weighted by molar-refractivity contribution is -0.0228. The highest BCUT2D eigenvalue weighted by Gasteiger charge is 2.66. The zero-order chi connectivity index (χ0) is 17.8. The molecular weight excluding hydrogens is 323 g/mol. The Morgan fingerprint density at radius 1 is 1.17 bits per heavy atom. The molecule has 3 aliphatic carbocycles. The minimum atomic E-state index is -3.04. The van der Waals surface area contributed by atoms with E-state index >= 15 is 0 Å². The molecule has 5 heteroatoms. The van der Waals surface area contributed by atoms with E-state index in [2.05, 4.69) is 20.8 Å². The van der Waals surface area contributed by atoms with Crippen LogP contribution in [0.2, 0.25) is 0 Å². The highest BCUT2D eigenvalue weighted by molar-refractivity contribution is 7.53. The molecule has 0 amide bonds. The maximum absolute atomic E-state index is 12.3. The minimum Gasteiger partial charge on any atom is -0.393 e. The fourth-order valence-corrected chi connectivity index (χ4v) is 8.02. The number of rotatable bonds is 6. The van der Waals surface area contributed by atoms with Crippen molar-refractivity contribution in [2.75, 3.05) is 20.4 Å². The van der Waals surface area contributed by atoms with Gasteiger partial charge in [0, 0.05) is 14.2 Å². The molecule has 0 heterocycles. The van der Waals surface area contributed by atoms with Gasteiger partial charge in [-0.05, 0) is 66.6 Å². The van der Waals surface area contributed by atoms with Gasteiger partial charge in [0.2, 0.25) is 0 Å². The first-order valence-corrected chi connectivity index (χ1v) is 11.3. The monoisotopic (exact) mass is 358 g/mol. The lowest BCUT2D eigenvalue weighted by Crippen LogP contribution is -2.41. The molecule has 24 heavy (non-hydrogen) atoms. The molecule has 3 fully saturated rings. The summed E-state index contributed by atoms with van der Waals surface area (Å²) >= 11 is 0. The summed E-state index contributed by atoms with van der Waals surface area (Å²) in [6.45, 7) is 7.30. The van der Waals surface area contributed by atoms with Gasteiger partial charge in [0.1, 0.15) is 0 Å². The topological polar surface area (TPSA) is 55.8 Å². The third kappa shape index (κ3) is 2.82. The Morgan fingerprint density at radius 2 is 1.83 bits per heavy atom. The van der Waals surface area contributed by atoms with Crippen LogP contribution < -0.4 is 0 Å². The summed E-state index contributed by atoms with van der Waals surface area (Å²) in [4.78, 5) is 0. The maximum Gasteiger partial charge on any atom is 0.330 e. The van der Waals surface area contributed by atoms with Gasteiger partial charge in [-0.15, -0.1) is 0 Å². The minimum absolute atomic E-state index is 0.241. The van der Waals surface area contributed by atoms with Crippen LogP contribution in [0, 0.1) is 34.5 Å². The lowest BCUT2D eigenvalue weighted by atomic mass is 9.62. The van der Waals surface area contributed by atoms with Gasteiger partial charge in [-0.1, -0.05) is 27.2 Å². The lowest BCUT2D eigenvalue weighted by Gasteiger charge is -2.44. The van der Waals surface area contributed by atoms with E-state index in [1.165, 1.54) is 46.3 Å². The molecule has 0 aromatic carbocycles. The van der Waals surface area contributed by atoms with Crippen LogP contribution in [-0.4, -0.2) is 31.6 Å². The maximum atomic E-state index is 12.3.